The first kappa shape index (κ1) is 20.8. The fourth-order valence-corrected chi connectivity index (χ4v) is 5.60. The highest BCUT2D eigenvalue weighted by molar-refractivity contribution is 9.26. The fourth-order valence-electron chi connectivity index (χ4n) is 2.70. The normalized spacial score (nSPS) is 26.8. The van der Waals surface area contributed by atoms with Crippen molar-refractivity contribution >= 4 is 61.7 Å². The van der Waals surface area contributed by atoms with E-state index in [1.54, 1.807) is 13.8 Å². The Kier molecular flexibility index (Phi) is 5.50. The topological polar surface area (TPSA) is 82.1 Å². The minimum Gasteiger partial charge on any atom is -0.431 e. The Morgan fingerprint density at radius 3 is 2.32 bits per heavy atom. The molecule has 7 nitrogen and oxygen atoms in total. The van der Waals surface area contributed by atoms with E-state index >= 15 is 0 Å². The van der Waals surface area contributed by atoms with Crippen LogP contribution in [0.2, 0.25) is 0 Å². The average molecular weight is 503 g/mol. The first-order valence-electron chi connectivity index (χ1n) is 7.70. The first-order valence-corrected chi connectivity index (χ1v) is 10.2. The third-order valence-corrected chi connectivity index (χ3v) is 7.45. The molecule has 1 amide bonds. The van der Waals surface area contributed by atoms with Crippen LogP contribution >= 0.6 is 43.6 Å². The van der Waals surface area contributed by atoms with E-state index < -0.39 is 31.9 Å². The summed E-state index contributed by atoms with van der Waals surface area (Å²) >= 11 is 8.19. The molecule has 0 bridgehead atoms. The number of carbonyl (C=O) groups is 3. The quantitative estimate of drug-likeness (QED) is 0.252. The maximum absolute atomic E-state index is 12.7. The van der Waals surface area contributed by atoms with E-state index in [1.165, 1.54) is 30.5 Å². The second kappa shape index (κ2) is 6.60. The van der Waals surface area contributed by atoms with Gasteiger partial charge in [0, 0.05) is 18.6 Å². The third-order valence-electron chi connectivity index (χ3n) is 3.67. The number of carbonyl (C=O) groups excluding carboxylic acids is 3. The van der Waals surface area contributed by atoms with E-state index in [0.29, 0.717) is 0 Å². The molecule has 2 aliphatic rings. The molecule has 0 saturated carbocycles. The maximum atomic E-state index is 12.7. The van der Waals surface area contributed by atoms with E-state index in [4.69, 9.17) is 14.2 Å². The fraction of sp³-hybridized carbons (Fsp3) is 0.800. The van der Waals surface area contributed by atoms with Gasteiger partial charge >= 0.3 is 12.1 Å². The number of amides is 1. The molecule has 10 heteroatoms. The van der Waals surface area contributed by atoms with E-state index in [-0.39, 0.29) is 17.4 Å². The molecule has 0 spiro atoms. The van der Waals surface area contributed by atoms with Crippen LogP contribution in [0.15, 0.2) is 0 Å². The molecule has 2 aliphatic heterocycles. The van der Waals surface area contributed by atoms with Gasteiger partial charge in [0.1, 0.15) is 11.4 Å². The minimum absolute atomic E-state index is 0.234. The average Bonchev–Trinajstić information content (AvgIpc) is 2.66. The largest absolute Gasteiger partial charge is 0.511 e. The Labute approximate surface area is 167 Å². The summed E-state index contributed by atoms with van der Waals surface area (Å²) in [6, 6.07) is -0.790. The van der Waals surface area contributed by atoms with Gasteiger partial charge in [-0.05, 0) is 27.7 Å². The van der Waals surface area contributed by atoms with E-state index in [2.05, 4.69) is 31.9 Å². The monoisotopic (exact) mass is 501 g/mol. The molecule has 0 aromatic heterocycles. The van der Waals surface area contributed by atoms with Crippen molar-refractivity contribution in [2.24, 2.45) is 0 Å². The lowest BCUT2D eigenvalue weighted by molar-refractivity contribution is -0.209. The number of hydrogen-bond acceptors (Lipinski definition) is 7. The molecule has 0 aromatic carbocycles. The highest BCUT2D eigenvalue weighted by atomic mass is 79.9. The third kappa shape index (κ3) is 3.95. The predicted molar refractivity (Wildman–Crippen MR) is 99.6 cm³/mol. The molecule has 0 N–H and O–H groups in total. The maximum Gasteiger partial charge on any atom is 0.511 e. The second-order valence-corrected chi connectivity index (χ2v) is 12.5. The van der Waals surface area contributed by atoms with Crippen LogP contribution in [0.25, 0.3) is 0 Å². The molecule has 0 aromatic rings. The van der Waals surface area contributed by atoms with Gasteiger partial charge in [-0.3, -0.25) is 4.79 Å². The molecule has 0 unspecified atom stereocenters. The molecule has 2 saturated heterocycles. The number of thioether (sulfide) groups is 1. The zero-order valence-corrected chi connectivity index (χ0v) is 18.8. The lowest BCUT2D eigenvalue weighted by Crippen LogP contribution is -2.68. The van der Waals surface area contributed by atoms with Gasteiger partial charge in [-0.2, -0.15) is 0 Å². The van der Waals surface area contributed by atoms with Crippen LogP contribution in [0.5, 0.6) is 0 Å². The van der Waals surface area contributed by atoms with Crippen LogP contribution < -0.4 is 0 Å². The predicted octanol–water partition coefficient (Wildman–Crippen LogP) is 3.38. The Hall–Kier alpha value is -0.480. The number of fused-ring (bicyclic) bond motifs is 1. The summed E-state index contributed by atoms with van der Waals surface area (Å²) in [5.74, 6) is -2.39. The molecule has 2 heterocycles. The lowest BCUT2D eigenvalue weighted by atomic mass is 9.98. The van der Waals surface area contributed by atoms with Crippen molar-refractivity contribution in [1.29, 1.82) is 0 Å². The van der Waals surface area contributed by atoms with Crippen LogP contribution in [0.3, 0.4) is 0 Å². The summed E-state index contributed by atoms with van der Waals surface area (Å²) in [7, 11) is 0. The molecule has 25 heavy (non-hydrogen) atoms. The molecule has 0 radical (unpaired) electrons. The van der Waals surface area contributed by atoms with Gasteiger partial charge in [0.05, 0.1) is 6.10 Å². The summed E-state index contributed by atoms with van der Waals surface area (Å²) in [6.45, 7) is 9.98. The van der Waals surface area contributed by atoms with E-state index in [0.717, 1.165) is 0 Å². The van der Waals surface area contributed by atoms with Crippen molar-refractivity contribution < 1.29 is 28.6 Å². The van der Waals surface area contributed by atoms with Gasteiger partial charge in [0.25, 0.3) is 11.7 Å². The summed E-state index contributed by atoms with van der Waals surface area (Å²) in [4.78, 5) is 38.2. The zero-order chi connectivity index (χ0) is 19.4. The highest BCUT2D eigenvalue weighted by Crippen LogP contribution is 2.60. The molecule has 142 valence electrons. The SMILES string of the molecule is CC(C)OC(=O)OC(C)(C)OC(=O)[C@@H]1N2C(=O)C(Br)(Br)[C@H]2SC1(C)C. The number of rotatable bonds is 4. The van der Waals surface area contributed by atoms with Gasteiger partial charge in [0.2, 0.25) is 0 Å². The Morgan fingerprint density at radius 1 is 1.24 bits per heavy atom. The summed E-state index contributed by atoms with van der Waals surface area (Å²) < 4.78 is 13.9. The van der Waals surface area contributed by atoms with Crippen molar-refractivity contribution in [1.82, 2.24) is 4.90 Å². The van der Waals surface area contributed by atoms with Crippen molar-refractivity contribution in [2.75, 3.05) is 0 Å². The smallest absolute Gasteiger partial charge is 0.431 e. The van der Waals surface area contributed by atoms with Crippen LogP contribution in [-0.4, -0.2) is 54.2 Å². The Balaban J connectivity index is 2.09. The molecule has 0 aliphatic carbocycles. The van der Waals surface area contributed by atoms with Crippen LogP contribution in [0, 0.1) is 0 Å². The van der Waals surface area contributed by atoms with Crippen LogP contribution in [0.1, 0.15) is 41.5 Å². The number of alkyl halides is 2. The Morgan fingerprint density at radius 2 is 1.80 bits per heavy atom. The van der Waals surface area contributed by atoms with Gasteiger partial charge in [-0.1, -0.05) is 31.9 Å². The van der Waals surface area contributed by atoms with Crippen molar-refractivity contribution in [3.63, 3.8) is 0 Å². The van der Waals surface area contributed by atoms with Crippen LogP contribution in [0.4, 0.5) is 4.79 Å². The van der Waals surface area contributed by atoms with Gasteiger partial charge in [-0.25, -0.2) is 9.59 Å². The first-order chi connectivity index (χ1) is 11.2. The standard InChI is InChI=1S/C15H21Br2NO6S/c1-7(2)22-12(21)24-14(5,6)23-9(19)8-13(3,4)25-11-15(16,17)10(20)18(8)11/h7-8,11H,1-6H3/t8-,11+/m0/s1. The second-order valence-electron chi connectivity index (χ2n) is 7.15. The molecular formula is C15H21Br2NO6S. The Bertz CT molecular complexity index is 607. The number of halogens is 2. The number of nitrogens with zero attached hydrogens (tertiary/aromatic N) is 1. The number of β-lactam (4-membered cyclic amide) rings is 1. The highest BCUT2D eigenvalue weighted by Gasteiger charge is 2.70. The number of hydrogen-bond donors (Lipinski definition) is 0. The molecule has 2 fully saturated rings. The van der Waals surface area contributed by atoms with Gasteiger partial charge in [0.15, 0.2) is 3.23 Å². The van der Waals surface area contributed by atoms with Crippen molar-refractivity contribution in [3.8, 4) is 0 Å². The lowest BCUT2D eigenvalue weighted by Gasteiger charge is -2.46. The summed E-state index contributed by atoms with van der Waals surface area (Å²) in [5, 5.41) is -0.234. The van der Waals surface area contributed by atoms with E-state index in [1.807, 2.05) is 13.8 Å². The minimum atomic E-state index is -1.52. The number of ether oxygens (including phenoxy) is 3. The van der Waals surface area contributed by atoms with Gasteiger partial charge in [-0.15, -0.1) is 11.8 Å². The van der Waals surface area contributed by atoms with Crippen molar-refractivity contribution in [2.45, 2.75) is 72.8 Å². The number of esters is 1. The van der Waals surface area contributed by atoms with Gasteiger partial charge < -0.3 is 19.1 Å². The zero-order valence-electron chi connectivity index (χ0n) is 14.8. The van der Waals surface area contributed by atoms with Crippen LogP contribution in [-0.2, 0) is 23.8 Å². The molecular weight excluding hydrogens is 482 g/mol. The van der Waals surface area contributed by atoms with E-state index in [9.17, 15) is 14.4 Å². The summed E-state index contributed by atoms with van der Waals surface area (Å²) in [5.41, 5.74) is 0. The molecule has 2 rings (SSSR count). The van der Waals surface area contributed by atoms with Crippen molar-refractivity contribution in [3.05, 3.63) is 0 Å². The molecule has 2 atom stereocenters. The summed E-state index contributed by atoms with van der Waals surface area (Å²) in [6.07, 6.45) is -1.28.